The van der Waals surface area contributed by atoms with E-state index in [1.807, 2.05) is 19.1 Å². The first-order valence-corrected chi connectivity index (χ1v) is 12.3. The maximum atomic E-state index is 10.3. The number of nitrogens with two attached hydrogens (primary N) is 2. The fourth-order valence-corrected chi connectivity index (χ4v) is 7.49. The normalized spacial score (nSPS) is 37.5. The highest BCUT2D eigenvalue weighted by atomic mass is 16.3. The Morgan fingerprint density at radius 3 is 2.66 bits per heavy atom. The fraction of sp³-hybridized carbons (Fsp3) is 0.654. The van der Waals surface area contributed by atoms with Crippen LogP contribution < -0.4 is 16.4 Å². The molecule has 4 saturated carbocycles. The molecule has 4 aliphatic carbocycles. The fourth-order valence-electron chi connectivity index (χ4n) is 7.49. The molecule has 6 nitrogen and oxygen atoms in total. The van der Waals surface area contributed by atoms with Gasteiger partial charge in [-0.15, -0.1) is 0 Å². The van der Waals surface area contributed by atoms with Crippen LogP contribution in [0.2, 0.25) is 0 Å². The van der Waals surface area contributed by atoms with Crippen molar-refractivity contribution < 1.29 is 5.11 Å². The molecular weight excluding hydrogens is 398 g/mol. The first kappa shape index (κ1) is 21.8. The number of hydrogen-bond donors (Lipinski definition) is 3. The number of anilines is 2. The van der Waals surface area contributed by atoms with Gasteiger partial charge in [0, 0.05) is 44.2 Å². The van der Waals surface area contributed by atoms with Gasteiger partial charge in [0.2, 0.25) is 0 Å². The average molecular weight is 438 g/mol. The number of hydrogen-bond acceptors (Lipinski definition) is 5. The summed E-state index contributed by atoms with van der Waals surface area (Å²) in [5.41, 5.74) is 16.5. The van der Waals surface area contributed by atoms with Gasteiger partial charge in [-0.3, -0.25) is 4.99 Å². The molecule has 1 heterocycles. The molecule has 6 unspecified atom stereocenters. The molecule has 0 aromatic heterocycles. The van der Waals surface area contributed by atoms with Gasteiger partial charge in [-0.05, 0) is 98.6 Å². The summed E-state index contributed by atoms with van der Waals surface area (Å²) >= 11 is 0. The van der Waals surface area contributed by atoms with E-state index >= 15 is 0 Å². The second-order valence-electron chi connectivity index (χ2n) is 10.9. The third-order valence-corrected chi connectivity index (χ3v) is 8.82. The standard InChI is InChI=1S/C26H39N5O/c1-3-4-23(28)29-25-18-11-17-13-26(14-18,16-32)15-21(25)24(17)20-12-19(5-6-22(20)27)31-9-7-30(2)8-10-31/h3-6,12,17-18,21,24-25,32H,7-11,13-16,27H2,1-2H3,(H2,28,29)/b4-3-. The molecule has 0 amide bonds. The van der Waals surface area contributed by atoms with Crippen molar-refractivity contribution in [3.63, 3.8) is 0 Å². The molecule has 6 atom stereocenters. The van der Waals surface area contributed by atoms with Gasteiger partial charge in [0.15, 0.2) is 0 Å². The second-order valence-corrected chi connectivity index (χ2v) is 10.9. The molecule has 5 fully saturated rings. The zero-order valence-electron chi connectivity index (χ0n) is 19.6. The number of nitrogen functional groups attached to an aromatic ring is 1. The lowest BCUT2D eigenvalue weighted by Crippen LogP contribution is -2.57. The van der Waals surface area contributed by atoms with E-state index in [4.69, 9.17) is 16.5 Å². The van der Waals surface area contributed by atoms with Gasteiger partial charge in [-0.1, -0.05) is 6.08 Å². The SMILES string of the molecule is C/C=C\C(N)=NC1C2CC3CC(CO)(C2)CC1C3c1cc(N2CCN(C)CC2)ccc1N. The minimum atomic E-state index is 0.0694. The van der Waals surface area contributed by atoms with E-state index in [-0.39, 0.29) is 11.5 Å². The van der Waals surface area contributed by atoms with Crippen LogP contribution in [0.25, 0.3) is 0 Å². The topological polar surface area (TPSA) is 91.1 Å². The highest BCUT2D eigenvalue weighted by Gasteiger charge is 2.59. The van der Waals surface area contributed by atoms with Crippen molar-refractivity contribution in [2.45, 2.75) is 44.6 Å². The zero-order chi connectivity index (χ0) is 22.5. The Labute approximate surface area is 192 Å². The molecule has 1 aromatic carbocycles. The first-order valence-electron chi connectivity index (χ1n) is 12.3. The van der Waals surface area contributed by atoms with Crippen molar-refractivity contribution in [1.29, 1.82) is 0 Å². The summed E-state index contributed by atoms with van der Waals surface area (Å²) in [5.74, 6) is 2.50. The number of aliphatic hydroxyl groups is 1. The molecule has 6 heteroatoms. The minimum Gasteiger partial charge on any atom is -0.398 e. The second kappa shape index (κ2) is 8.38. The molecular formula is C26H39N5O. The monoisotopic (exact) mass is 437 g/mol. The lowest BCUT2D eigenvalue weighted by molar-refractivity contribution is -0.104. The number of aliphatic imine (C=N–C) groups is 1. The van der Waals surface area contributed by atoms with E-state index in [0.29, 0.717) is 36.1 Å². The zero-order valence-corrected chi connectivity index (χ0v) is 19.6. The lowest BCUT2D eigenvalue weighted by atomic mass is 9.44. The van der Waals surface area contributed by atoms with E-state index in [1.54, 1.807) is 0 Å². The maximum Gasteiger partial charge on any atom is 0.118 e. The highest BCUT2D eigenvalue weighted by Crippen LogP contribution is 2.65. The van der Waals surface area contributed by atoms with Gasteiger partial charge in [-0.2, -0.15) is 0 Å². The van der Waals surface area contributed by atoms with Crippen LogP contribution in [0.4, 0.5) is 11.4 Å². The number of piperazine rings is 1. The van der Waals surface area contributed by atoms with E-state index in [9.17, 15) is 5.11 Å². The van der Waals surface area contributed by atoms with Crippen LogP contribution in [0, 0.1) is 23.2 Å². The van der Waals surface area contributed by atoms with Crippen LogP contribution in [0.5, 0.6) is 0 Å². The van der Waals surface area contributed by atoms with E-state index < -0.39 is 0 Å². The predicted octanol–water partition coefficient (Wildman–Crippen LogP) is 2.83. The molecule has 174 valence electrons. The summed E-state index contributed by atoms with van der Waals surface area (Å²) in [6.07, 6.45) is 8.25. The Bertz CT molecular complexity index is 905. The van der Waals surface area contributed by atoms with E-state index in [1.165, 1.54) is 17.7 Å². The van der Waals surface area contributed by atoms with Gasteiger partial charge >= 0.3 is 0 Å². The number of amidine groups is 1. The largest absolute Gasteiger partial charge is 0.398 e. The van der Waals surface area contributed by atoms with Gasteiger partial charge in [0.1, 0.15) is 5.84 Å². The Kier molecular flexibility index (Phi) is 5.70. The third kappa shape index (κ3) is 3.71. The van der Waals surface area contributed by atoms with Crippen LogP contribution in [0.1, 0.15) is 44.1 Å². The molecule has 32 heavy (non-hydrogen) atoms. The third-order valence-electron chi connectivity index (χ3n) is 8.82. The van der Waals surface area contributed by atoms with Crippen molar-refractivity contribution in [3.8, 4) is 0 Å². The quantitative estimate of drug-likeness (QED) is 0.374. The molecule has 6 rings (SSSR count). The van der Waals surface area contributed by atoms with Crippen molar-refractivity contribution in [2.24, 2.45) is 33.9 Å². The molecule has 5 aliphatic rings. The molecule has 1 aromatic rings. The maximum absolute atomic E-state index is 10.3. The Morgan fingerprint density at radius 1 is 1.19 bits per heavy atom. The molecule has 1 saturated heterocycles. The van der Waals surface area contributed by atoms with Crippen molar-refractivity contribution in [2.75, 3.05) is 50.5 Å². The smallest absolute Gasteiger partial charge is 0.118 e. The van der Waals surface area contributed by atoms with Gasteiger partial charge in [-0.25, -0.2) is 0 Å². The van der Waals surface area contributed by atoms with Crippen LogP contribution in [0.3, 0.4) is 0 Å². The van der Waals surface area contributed by atoms with E-state index in [0.717, 1.165) is 51.1 Å². The van der Waals surface area contributed by atoms with Crippen molar-refractivity contribution in [1.82, 2.24) is 4.90 Å². The number of likely N-dealkylation sites (N-methyl/N-ethyl adjacent to an activating group) is 1. The summed E-state index contributed by atoms with van der Waals surface area (Å²) in [6.45, 7) is 6.57. The summed E-state index contributed by atoms with van der Waals surface area (Å²) < 4.78 is 0. The van der Waals surface area contributed by atoms with Crippen LogP contribution in [-0.2, 0) is 0 Å². The van der Waals surface area contributed by atoms with Crippen LogP contribution in [0.15, 0.2) is 35.3 Å². The number of nitrogens with zero attached hydrogens (tertiary/aromatic N) is 3. The minimum absolute atomic E-state index is 0.0694. The van der Waals surface area contributed by atoms with Crippen LogP contribution >= 0.6 is 0 Å². The molecule has 0 radical (unpaired) electrons. The number of benzene rings is 1. The number of allylic oxidation sites excluding steroid dienone is 1. The summed E-state index contributed by atoms with van der Waals surface area (Å²) in [5, 5.41) is 10.3. The first-order chi connectivity index (χ1) is 15.4. The van der Waals surface area contributed by atoms with Gasteiger partial charge < -0.3 is 26.4 Å². The Morgan fingerprint density at radius 2 is 1.94 bits per heavy atom. The molecule has 5 N–H and O–H groups in total. The average Bonchev–Trinajstić information content (AvgIpc) is 2.78. The van der Waals surface area contributed by atoms with Crippen molar-refractivity contribution in [3.05, 3.63) is 35.9 Å². The molecule has 1 aliphatic heterocycles. The summed E-state index contributed by atoms with van der Waals surface area (Å²) in [6, 6.07) is 6.89. The van der Waals surface area contributed by atoms with Crippen LogP contribution in [-0.4, -0.2) is 61.7 Å². The Hall–Kier alpha value is -2.05. The number of rotatable bonds is 5. The highest BCUT2D eigenvalue weighted by molar-refractivity contribution is 5.91. The summed E-state index contributed by atoms with van der Waals surface area (Å²) in [7, 11) is 2.19. The number of aliphatic hydroxyl groups excluding tert-OH is 1. The van der Waals surface area contributed by atoms with Gasteiger partial charge in [0.05, 0.1) is 6.04 Å². The Balaban J connectivity index is 1.50. The van der Waals surface area contributed by atoms with Crippen molar-refractivity contribution >= 4 is 17.2 Å². The molecule has 4 bridgehead atoms. The lowest BCUT2D eigenvalue weighted by Gasteiger charge is -2.62. The molecule has 0 spiro atoms. The van der Waals surface area contributed by atoms with E-state index in [2.05, 4.69) is 35.0 Å². The summed E-state index contributed by atoms with van der Waals surface area (Å²) in [4.78, 5) is 9.91. The van der Waals surface area contributed by atoms with Gasteiger partial charge in [0.25, 0.3) is 0 Å². The predicted molar refractivity (Wildman–Crippen MR) is 132 cm³/mol.